The molecule has 1 heterocycles. The topological polar surface area (TPSA) is 39.2 Å². The molecule has 5 heteroatoms. The Labute approximate surface area is 151 Å². The van der Waals surface area contributed by atoms with E-state index in [9.17, 15) is 4.79 Å². The summed E-state index contributed by atoms with van der Waals surface area (Å²) in [4.78, 5) is 16.9. The molecule has 1 aromatic heterocycles. The highest BCUT2D eigenvalue weighted by Gasteiger charge is 2.62. The lowest BCUT2D eigenvalue weighted by Gasteiger charge is -2.38. The van der Waals surface area contributed by atoms with E-state index in [2.05, 4.69) is 31.8 Å². The highest BCUT2D eigenvalue weighted by Crippen LogP contribution is 2.66. The molecule has 0 amide bonds. The first-order valence-corrected chi connectivity index (χ1v) is 10.4. The maximum absolute atomic E-state index is 12.4. The molecular weight excluding hydrogens is 338 g/mol. The summed E-state index contributed by atoms with van der Waals surface area (Å²) in [5.41, 5.74) is 1.41. The number of nitrogens with zero attached hydrogens (tertiary/aromatic N) is 1. The maximum Gasteiger partial charge on any atom is 0.316 e. The molecule has 128 valence electrons. The second-order valence-electron chi connectivity index (χ2n) is 7.83. The van der Waals surface area contributed by atoms with Crippen LogP contribution in [0.5, 0.6) is 0 Å². The molecule has 2 aliphatic rings. The monoisotopic (exact) mass is 361 g/mol. The SMILES string of the molecule is CC1(C)[C@H]2CC[C@]1(C)[C@H](OC(=O)CSc1nc3ccccc3s1)C2. The van der Waals surface area contributed by atoms with E-state index >= 15 is 0 Å². The second-order valence-corrected chi connectivity index (χ2v) is 10.1. The van der Waals surface area contributed by atoms with Crippen LogP contribution in [0.2, 0.25) is 0 Å². The van der Waals surface area contributed by atoms with Gasteiger partial charge in [-0.1, -0.05) is 44.7 Å². The number of hydrogen-bond donors (Lipinski definition) is 0. The van der Waals surface area contributed by atoms with Crippen LogP contribution in [-0.2, 0) is 9.53 Å². The number of aromatic nitrogens is 1. The zero-order valence-electron chi connectivity index (χ0n) is 14.4. The maximum atomic E-state index is 12.4. The average Bonchev–Trinajstić information content (AvgIpc) is 3.11. The largest absolute Gasteiger partial charge is 0.461 e. The van der Waals surface area contributed by atoms with E-state index in [-0.39, 0.29) is 22.9 Å². The fourth-order valence-electron chi connectivity index (χ4n) is 4.53. The molecule has 3 nitrogen and oxygen atoms in total. The zero-order chi connectivity index (χ0) is 16.9. The van der Waals surface area contributed by atoms with Crippen molar-refractivity contribution >= 4 is 39.3 Å². The van der Waals surface area contributed by atoms with E-state index in [1.807, 2.05) is 18.2 Å². The van der Waals surface area contributed by atoms with E-state index in [4.69, 9.17) is 4.74 Å². The van der Waals surface area contributed by atoms with Crippen molar-refractivity contribution in [3.63, 3.8) is 0 Å². The third-order valence-electron chi connectivity index (χ3n) is 6.58. The van der Waals surface area contributed by atoms with Gasteiger partial charge in [-0.2, -0.15) is 0 Å². The van der Waals surface area contributed by atoms with Gasteiger partial charge in [-0.15, -0.1) is 11.3 Å². The zero-order valence-corrected chi connectivity index (χ0v) is 16.0. The van der Waals surface area contributed by atoms with Gasteiger partial charge in [-0.25, -0.2) is 4.98 Å². The lowest BCUT2D eigenvalue weighted by atomic mass is 9.70. The summed E-state index contributed by atoms with van der Waals surface area (Å²) in [7, 11) is 0. The van der Waals surface area contributed by atoms with Gasteiger partial charge >= 0.3 is 5.97 Å². The molecule has 1 aromatic carbocycles. The first-order valence-electron chi connectivity index (χ1n) is 8.58. The van der Waals surface area contributed by atoms with Crippen LogP contribution in [0, 0.1) is 16.7 Å². The first kappa shape index (κ1) is 16.4. The summed E-state index contributed by atoms with van der Waals surface area (Å²) in [5.74, 6) is 0.934. The minimum absolute atomic E-state index is 0.0784. The number of benzene rings is 1. The summed E-state index contributed by atoms with van der Waals surface area (Å²) in [5, 5.41) is 0. The van der Waals surface area contributed by atoms with Gasteiger partial charge < -0.3 is 4.74 Å². The van der Waals surface area contributed by atoms with Crippen molar-refractivity contribution in [3.8, 4) is 0 Å². The second kappa shape index (κ2) is 5.73. The van der Waals surface area contributed by atoms with Gasteiger partial charge in [-0.05, 0) is 42.7 Å². The van der Waals surface area contributed by atoms with Crippen LogP contribution in [0.3, 0.4) is 0 Å². The quantitative estimate of drug-likeness (QED) is 0.558. The Hall–Kier alpha value is -1.07. The van der Waals surface area contributed by atoms with Crippen molar-refractivity contribution in [1.29, 1.82) is 0 Å². The molecule has 0 N–H and O–H groups in total. The number of carbonyl (C=O) groups is 1. The molecule has 2 fully saturated rings. The highest BCUT2D eigenvalue weighted by molar-refractivity contribution is 8.01. The summed E-state index contributed by atoms with van der Waals surface area (Å²) >= 11 is 3.13. The van der Waals surface area contributed by atoms with Crippen molar-refractivity contribution in [2.24, 2.45) is 16.7 Å². The van der Waals surface area contributed by atoms with E-state index in [1.54, 1.807) is 11.3 Å². The normalized spacial score (nSPS) is 30.8. The summed E-state index contributed by atoms with van der Waals surface area (Å²) in [6.45, 7) is 6.99. The molecular formula is C19H23NO2S2. The standard InChI is InChI=1S/C19H23NO2S2/c1-18(2)12-8-9-19(18,3)15(10-12)22-16(21)11-23-17-20-13-6-4-5-7-14(13)24-17/h4-7,12,15H,8-11H2,1-3H3/t12-,15+,19+/m0/s1. The molecule has 0 saturated heterocycles. The van der Waals surface area contributed by atoms with Crippen molar-refractivity contribution in [2.45, 2.75) is 50.5 Å². The third kappa shape index (κ3) is 2.48. The van der Waals surface area contributed by atoms with Gasteiger partial charge in [0.25, 0.3) is 0 Å². The molecule has 2 bridgehead atoms. The molecule has 2 saturated carbocycles. The summed E-state index contributed by atoms with van der Waals surface area (Å²) in [6, 6.07) is 8.07. The molecule has 0 spiro atoms. The van der Waals surface area contributed by atoms with Gasteiger partial charge in [-0.3, -0.25) is 4.79 Å². The van der Waals surface area contributed by atoms with Gasteiger partial charge in [0.1, 0.15) is 6.10 Å². The number of carbonyl (C=O) groups excluding carboxylic acids is 1. The molecule has 4 rings (SSSR count). The van der Waals surface area contributed by atoms with Crippen LogP contribution in [-0.4, -0.2) is 22.8 Å². The highest BCUT2D eigenvalue weighted by atomic mass is 32.2. The summed E-state index contributed by atoms with van der Waals surface area (Å²) < 4.78 is 8.00. The van der Waals surface area contributed by atoms with Crippen LogP contribution in [0.25, 0.3) is 10.2 Å². The Morgan fingerprint density at radius 3 is 2.83 bits per heavy atom. The van der Waals surface area contributed by atoms with Crippen LogP contribution in [0.1, 0.15) is 40.0 Å². The molecule has 3 atom stereocenters. The smallest absolute Gasteiger partial charge is 0.316 e. The van der Waals surface area contributed by atoms with Crippen molar-refractivity contribution in [2.75, 3.05) is 5.75 Å². The number of para-hydroxylation sites is 1. The molecule has 0 radical (unpaired) electrons. The number of fused-ring (bicyclic) bond motifs is 3. The van der Waals surface area contributed by atoms with Crippen LogP contribution in [0.4, 0.5) is 0 Å². The molecule has 0 unspecified atom stereocenters. The predicted octanol–water partition coefficient (Wildman–Crippen LogP) is 5.15. The number of hydrogen-bond acceptors (Lipinski definition) is 5. The Morgan fingerprint density at radius 1 is 1.38 bits per heavy atom. The number of rotatable bonds is 4. The van der Waals surface area contributed by atoms with Crippen molar-refractivity contribution in [1.82, 2.24) is 4.98 Å². The minimum Gasteiger partial charge on any atom is -0.461 e. The Morgan fingerprint density at radius 2 is 2.17 bits per heavy atom. The minimum atomic E-state index is -0.103. The van der Waals surface area contributed by atoms with E-state index < -0.39 is 0 Å². The molecule has 2 aliphatic carbocycles. The van der Waals surface area contributed by atoms with E-state index in [0.29, 0.717) is 11.7 Å². The fraction of sp³-hybridized carbons (Fsp3) is 0.579. The van der Waals surface area contributed by atoms with Gasteiger partial charge in [0, 0.05) is 5.41 Å². The molecule has 24 heavy (non-hydrogen) atoms. The number of esters is 1. The Kier molecular flexibility index (Phi) is 3.92. The van der Waals surface area contributed by atoms with E-state index in [1.165, 1.54) is 24.6 Å². The number of thiazole rings is 1. The van der Waals surface area contributed by atoms with Crippen molar-refractivity contribution in [3.05, 3.63) is 24.3 Å². The lowest BCUT2D eigenvalue weighted by molar-refractivity contribution is -0.153. The number of ether oxygens (including phenoxy) is 1. The van der Waals surface area contributed by atoms with Gasteiger partial charge in [0.2, 0.25) is 0 Å². The van der Waals surface area contributed by atoms with Crippen LogP contribution >= 0.6 is 23.1 Å². The van der Waals surface area contributed by atoms with Crippen molar-refractivity contribution < 1.29 is 9.53 Å². The van der Waals surface area contributed by atoms with Gasteiger partial charge in [0.05, 0.1) is 16.0 Å². The molecule has 2 aromatic rings. The van der Waals surface area contributed by atoms with Crippen LogP contribution < -0.4 is 0 Å². The Balaban J connectivity index is 1.37. The lowest BCUT2D eigenvalue weighted by Crippen LogP contribution is -2.38. The summed E-state index contributed by atoms with van der Waals surface area (Å²) in [6.07, 6.45) is 3.56. The number of thioether (sulfide) groups is 1. The third-order valence-corrected chi connectivity index (χ3v) is 8.73. The Bertz CT molecular complexity index is 752. The fourth-order valence-corrected chi connectivity index (χ4v) is 6.39. The average molecular weight is 362 g/mol. The predicted molar refractivity (Wildman–Crippen MR) is 99.5 cm³/mol. The first-order chi connectivity index (χ1) is 11.4. The van der Waals surface area contributed by atoms with Gasteiger partial charge in [0.15, 0.2) is 4.34 Å². The molecule has 0 aliphatic heterocycles. The van der Waals surface area contributed by atoms with E-state index in [0.717, 1.165) is 21.0 Å². The van der Waals surface area contributed by atoms with Crippen LogP contribution in [0.15, 0.2) is 28.6 Å².